The number of nitrogens with two attached hydrogens (primary N) is 2. The van der Waals surface area contributed by atoms with Crippen LogP contribution in [0.1, 0.15) is 27.8 Å². The van der Waals surface area contributed by atoms with Crippen molar-refractivity contribution in [3.05, 3.63) is 184 Å². The molecule has 0 atom stereocenters. The average molecular weight is 1410 g/mol. The van der Waals surface area contributed by atoms with E-state index in [2.05, 4.69) is 5.32 Å². The maximum atomic E-state index is 11.4. The molecule has 4 aliphatic rings. The number of nitro benzene ring substituents is 1. The molecule has 23 heteroatoms. The first-order valence-electron chi connectivity index (χ1n) is 20.7. The number of nitro groups is 1. The summed E-state index contributed by atoms with van der Waals surface area (Å²) >= 11 is 0. The van der Waals surface area contributed by atoms with Crippen LogP contribution in [0.25, 0.3) is 0 Å². The van der Waals surface area contributed by atoms with Crippen LogP contribution in [0.2, 0.25) is 0 Å². The van der Waals surface area contributed by atoms with Crippen molar-refractivity contribution in [1.82, 2.24) is 0 Å². The number of carbonyl (C=O) groups excluding carboxylic acids is 4. The number of hydrogen-bond donors (Lipinski definition) is 4. The number of nitrogens with zero attached hydrogens (tertiary/aromatic N) is 4. The van der Waals surface area contributed by atoms with Crippen LogP contribution >= 0.6 is 0 Å². The quantitative estimate of drug-likeness (QED) is 0.0433. The molecule has 4 aliphatic heterocycles. The largest absolute Gasteiger partial charge is 0.449 e. The van der Waals surface area contributed by atoms with Gasteiger partial charge in [-0.05, 0) is 76.7 Å². The molecular weight excluding hydrogens is 1340 g/mol. The average Bonchev–Trinajstić information content (AvgIpc) is 3.71. The number of cyclic esters (lactones) is 4. The standard InChI is InChI=1S/C10H10N2O4.C10H12N2O2.C10H11NO2.C9H9NO2.C8H11NO.5CH3.5Y/c1-11-9-3-2-8(12(14)15)6-7(9)4-5-16-10(11)13;1-12-9-3-2-8(11)6-7(9)4-5-14-10(12)13;1-11-9-5-3-2-4-8(9)6-7-13-10(11)12;11-9-10-8-4-2-1-3-7(8)5-6-12-9;9-8-4-2-1-3-7(8)5-6-10;;;;;;;;;;/h2-3,6H,4-5H2,1H3;2-3,6H,4-5,11H2,1H3;2-5H,6-7H2,1H3;1-4H,5-6H2,(H,10,11);1-4,10H,5-6,9H2;5*1H3;;;;;/q;;;;;5*-1;;;;;. The number of aliphatic hydroxyl groups is 1. The Morgan fingerprint density at radius 1 is 0.547 bits per heavy atom. The number of fused-ring (bicyclic) bond motifs is 4. The fourth-order valence-electron chi connectivity index (χ4n) is 6.87. The van der Waals surface area contributed by atoms with E-state index < -0.39 is 11.0 Å². The second kappa shape index (κ2) is 43.5. The summed E-state index contributed by atoms with van der Waals surface area (Å²) in [6.45, 7) is 1.76. The Labute approximate surface area is 570 Å². The summed E-state index contributed by atoms with van der Waals surface area (Å²) in [4.78, 5) is 59.5. The van der Waals surface area contributed by atoms with E-state index in [4.69, 9.17) is 35.5 Å². The van der Waals surface area contributed by atoms with Crippen LogP contribution in [0.15, 0.2) is 109 Å². The number of non-ortho nitro benzene ring substituents is 1. The molecule has 9 rings (SSSR count). The van der Waals surface area contributed by atoms with E-state index in [9.17, 15) is 29.3 Å². The number of hydrogen-bond acceptors (Lipinski definition) is 13. The fourth-order valence-corrected chi connectivity index (χ4v) is 6.87. The van der Waals surface area contributed by atoms with Gasteiger partial charge >= 0.3 is 24.4 Å². The first kappa shape index (κ1) is 84.0. The molecule has 5 aromatic rings. The van der Waals surface area contributed by atoms with Crippen molar-refractivity contribution in [2.45, 2.75) is 32.1 Å². The van der Waals surface area contributed by atoms with Crippen molar-refractivity contribution < 1.29 is 212 Å². The summed E-state index contributed by atoms with van der Waals surface area (Å²) in [5, 5.41) is 21.9. The molecule has 0 aliphatic carbocycles. The van der Waals surface area contributed by atoms with E-state index in [1.54, 1.807) is 38.2 Å². The number of amides is 4. The zero-order valence-electron chi connectivity index (χ0n) is 44.3. The predicted octanol–water partition coefficient (Wildman–Crippen LogP) is 9.77. The Morgan fingerprint density at radius 3 is 1.48 bits per heavy atom. The van der Waals surface area contributed by atoms with Crippen LogP contribution in [0, 0.1) is 47.2 Å². The van der Waals surface area contributed by atoms with Crippen molar-refractivity contribution in [2.24, 2.45) is 0 Å². The number of benzene rings is 5. The molecule has 75 heavy (non-hydrogen) atoms. The minimum atomic E-state index is -0.451. The molecule has 0 saturated heterocycles. The van der Waals surface area contributed by atoms with Crippen LogP contribution in [0.3, 0.4) is 0 Å². The maximum Gasteiger partial charge on any atom is 0.414 e. The molecule has 0 spiro atoms. The van der Waals surface area contributed by atoms with Gasteiger partial charge < -0.3 is 72.7 Å². The van der Waals surface area contributed by atoms with Gasteiger partial charge in [-0.1, -0.05) is 54.6 Å². The zero-order valence-corrected chi connectivity index (χ0v) is 58.5. The molecule has 0 fully saturated rings. The molecule has 6 N–H and O–H groups in total. The van der Waals surface area contributed by atoms with Crippen LogP contribution in [-0.2, 0) is 215 Å². The van der Waals surface area contributed by atoms with Gasteiger partial charge in [0.2, 0.25) is 0 Å². The monoisotopic (exact) mass is 1410 g/mol. The van der Waals surface area contributed by atoms with Crippen molar-refractivity contribution in [2.75, 3.05) is 85.7 Å². The van der Waals surface area contributed by atoms with E-state index in [1.165, 1.54) is 21.9 Å². The summed E-state index contributed by atoms with van der Waals surface area (Å²) in [7, 11) is 5.01. The molecule has 0 unspecified atom stereocenters. The van der Waals surface area contributed by atoms with Crippen LogP contribution in [-0.4, -0.2) is 88.6 Å². The first-order valence-corrected chi connectivity index (χ1v) is 20.7. The Kier molecular flexibility index (Phi) is 48.7. The Morgan fingerprint density at radius 2 is 0.960 bits per heavy atom. The Bertz CT molecular complexity index is 2490. The SMILES string of the molecule is CN1C(=O)OCCc2cc(N)ccc21.CN1C(=O)OCCc2cc([N+](=O)[O-])ccc21.CN1C(=O)OCCc2ccccc21.Nc1ccccc1CCO.O=C1Nc2ccccc2CCO1.[CH3-].[CH3-].[CH3-].[CH3-].[CH3-].[Y].[Y].[Y].[Y].[Y]. The number of nitrogen functional groups attached to an aromatic ring is 2. The van der Waals surface area contributed by atoms with E-state index in [-0.39, 0.29) is 238 Å². The third-order valence-corrected chi connectivity index (χ3v) is 10.4. The Balaban J connectivity index is -0.000000193. The smallest absolute Gasteiger partial charge is 0.414 e. The normalized spacial score (nSPS) is 12.7. The van der Waals surface area contributed by atoms with Crippen molar-refractivity contribution >= 4 is 64.2 Å². The van der Waals surface area contributed by atoms with E-state index in [0.29, 0.717) is 44.0 Å². The zero-order chi connectivity index (χ0) is 46.9. The van der Waals surface area contributed by atoms with E-state index >= 15 is 0 Å². The van der Waals surface area contributed by atoms with Gasteiger partial charge in [0.1, 0.15) is 0 Å². The van der Waals surface area contributed by atoms with Gasteiger partial charge in [0.25, 0.3) is 5.69 Å². The number of nitrogens with one attached hydrogen (secondary N) is 1. The third-order valence-electron chi connectivity index (χ3n) is 10.4. The summed E-state index contributed by atoms with van der Waals surface area (Å²) in [5.41, 5.74) is 21.2. The van der Waals surface area contributed by atoms with Gasteiger partial charge in [0.15, 0.2) is 0 Å². The van der Waals surface area contributed by atoms with Crippen LogP contribution in [0.4, 0.5) is 59.0 Å². The predicted molar refractivity (Wildman–Crippen MR) is 280 cm³/mol. The number of aliphatic hydroxyl groups excluding tert-OH is 1. The Hall–Kier alpha value is -2.34. The summed E-state index contributed by atoms with van der Waals surface area (Å²) in [5.74, 6) is 0. The topological polar surface area (TPSA) is 242 Å². The summed E-state index contributed by atoms with van der Waals surface area (Å²) in [6, 6.07) is 33.1. The molecule has 4 heterocycles. The minimum absolute atomic E-state index is 0. The molecular formula is C52H68N7O11Y5-5. The number of anilines is 6. The first-order chi connectivity index (χ1) is 31.3. The van der Waals surface area contributed by atoms with Crippen molar-refractivity contribution in [3.63, 3.8) is 0 Å². The summed E-state index contributed by atoms with van der Waals surface area (Å²) in [6.07, 6.45) is 2.06. The van der Waals surface area contributed by atoms with Gasteiger partial charge in [0, 0.05) is 246 Å². The van der Waals surface area contributed by atoms with Gasteiger partial charge in [-0.15, -0.1) is 0 Å². The van der Waals surface area contributed by atoms with Gasteiger partial charge in [-0.3, -0.25) is 30.1 Å². The number of para-hydroxylation sites is 3. The van der Waals surface area contributed by atoms with E-state index in [0.717, 1.165) is 69.8 Å². The minimum Gasteiger partial charge on any atom is -0.449 e. The molecule has 397 valence electrons. The van der Waals surface area contributed by atoms with Crippen LogP contribution in [0.5, 0.6) is 0 Å². The van der Waals surface area contributed by atoms with Crippen LogP contribution < -0.4 is 31.5 Å². The molecule has 0 aromatic heterocycles. The molecule has 4 amide bonds. The molecule has 0 saturated carbocycles. The second-order valence-corrected chi connectivity index (χ2v) is 14.7. The van der Waals surface area contributed by atoms with Gasteiger partial charge in [-0.2, -0.15) is 0 Å². The third kappa shape index (κ3) is 26.0. The number of carbonyl (C=O) groups is 4. The molecule has 0 bridgehead atoms. The van der Waals surface area contributed by atoms with Gasteiger partial charge in [-0.25, -0.2) is 19.2 Å². The molecule has 5 aromatic carbocycles. The van der Waals surface area contributed by atoms with Crippen molar-refractivity contribution in [3.8, 4) is 0 Å². The molecule has 18 nitrogen and oxygen atoms in total. The number of ether oxygens (including phenoxy) is 4. The molecule has 5 radical (unpaired) electrons. The van der Waals surface area contributed by atoms with Crippen molar-refractivity contribution in [1.29, 1.82) is 0 Å². The fraction of sp³-hybridized carbons (Fsp3) is 0.250. The second-order valence-electron chi connectivity index (χ2n) is 14.7. The van der Waals surface area contributed by atoms with Gasteiger partial charge in [0.05, 0.1) is 48.4 Å². The van der Waals surface area contributed by atoms with E-state index in [1.807, 2.05) is 84.9 Å². The summed E-state index contributed by atoms with van der Waals surface area (Å²) < 4.78 is 19.7. The number of rotatable bonds is 3. The maximum absolute atomic E-state index is 11.4.